The van der Waals surface area contributed by atoms with Crippen molar-refractivity contribution in [3.8, 4) is 0 Å². The van der Waals surface area contributed by atoms with Crippen LogP contribution in [-0.4, -0.2) is 28.5 Å². The molecule has 1 aromatic heterocycles. The van der Waals surface area contributed by atoms with Gasteiger partial charge in [0.15, 0.2) is 0 Å². The Labute approximate surface area is 121 Å². The van der Waals surface area contributed by atoms with Gasteiger partial charge in [0.2, 0.25) is 0 Å². The molecule has 0 amide bonds. The SMILES string of the molecule is CCCCCCCCNCCc1cccc2[nH]nnc12. The van der Waals surface area contributed by atoms with E-state index in [1.54, 1.807) is 0 Å². The summed E-state index contributed by atoms with van der Waals surface area (Å²) in [6, 6.07) is 6.21. The molecular formula is C16H26N4. The molecule has 1 heterocycles. The molecule has 4 heteroatoms. The van der Waals surface area contributed by atoms with Gasteiger partial charge in [0.05, 0.1) is 5.52 Å². The summed E-state index contributed by atoms with van der Waals surface area (Å²) in [5.41, 5.74) is 3.30. The van der Waals surface area contributed by atoms with E-state index >= 15 is 0 Å². The lowest BCUT2D eigenvalue weighted by Crippen LogP contribution is -2.18. The second-order valence-electron chi connectivity index (χ2n) is 5.39. The number of aromatic amines is 1. The minimum absolute atomic E-state index is 1.01. The van der Waals surface area contributed by atoms with Gasteiger partial charge in [0.25, 0.3) is 0 Å². The van der Waals surface area contributed by atoms with Crippen molar-refractivity contribution in [1.29, 1.82) is 0 Å². The third-order valence-electron chi connectivity index (χ3n) is 3.72. The van der Waals surface area contributed by atoms with Gasteiger partial charge < -0.3 is 5.32 Å². The predicted octanol–water partition coefficient (Wildman–Crippen LogP) is 3.45. The fourth-order valence-electron chi connectivity index (χ4n) is 2.51. The zero-order valence-corrected chi connectivity index (χ0v) is 12.5. The molecule has 2 aromatic rings. The van der Waals surface area contributed by atoms with E-state index in [1.807, 2.05) is 6.07 Å². The van der Waals surface area contributed by atoms with Crippen molar-refractivity contribution in [2.75, 3.05) is 13.1 Å². The fraction of sp³-hybridized carbons (Fsp3) is 0.625. The number of benzene rings is 1. The zero-order valence-electron chi connectivity index (χ0n) is 12.5. The Kier molecular flexibility index (Phi) is 6.51. The van der Waals surface area contributed by atoms with Crippen molar-refractivity contribution in [1.82, 2.24) is 20.7 Å². The van der Waals surface area contributed by atoms with Crippen LogP contribution in [0.1, 0.15) is 51.0 Å². The Morgan fingerprint density at radius 1 is 1.05 bits per heavy atom. The smallest absolute Gasteiger partial charge is 0.116 e. The van der Waals surface area contributed by atoms with Crippen LogP contribution in [0.15, 0.2) is 18.2 Å². The van der Waals surface area contributed by atoms with Crippen LogP contribution in [0.2, 0.25) is 0 Å². The molecule has 0 aliphatic carbocycles. The maximum absolute atomic E-state index is 4.14. The Balaban J connectivity index is 1.58. The highest BCUT2D eigenvalue weighted by molar-refractivity contribution is 5.77. The Hall–Kier alpha value is -1.42. The van der Waals surface area contributed by atoms with Crippen LogP contribution in [0.25, 0.3) is 11.0 Å². The first-order valence-corrected chi connectivity index (χ1v) is 7.91. The molecule has 0 saturated carbocycles. The van der Waals surface area contributed by atoms with Crippen LogP contribution in [-0.2, 0) is 6.42 Å². The van der Waals surface area contributed by atoms with Crippen LogP contribution < -0.4 is 5.32 Å². The van der Waals surface area contributed by atoms with Crippen LogP contribution in [0.4, 0.5) is 0 Å². The number of hydrogen-bond acceptors (Lipinski definition) is 3. The van der Waals surface area contributed by atoms with Crippen LogP contribution in [0.5, 0.6) is 0 Å². The summed E-state index contributed by atoms with van der Waals surface area (Å²) >= 11 is 0. The third kappa shape index (κ3) is 4.60. The van der Waals surface area contributed by atoms with Crippen molar-refractivity contribution >= 4 is 11.0 Å². The highest BCUT2D eigenvalue weighted by Gasteiger charge is 2.03. The van der Waals surface area contributed by atoms with E-state index in [0.29, 0.717) is 0 Å². The summed E-state index contributed by atoms with van der Waals surface area (Å²) < 4.78 is 0. The highest BCUT2D eigenvalue weighted by Crippen LogP contribution is 2.13. The number of H-pyrrole nitrogens is 1. The Morgan fingerprint density at radius 3 is 2.80 bits per heavy atom. The first-order valence-electron chi connectivity index (χ1n) is 7.91. The summed E-state index contributed by atoms with van der Waals surface area (Å²) in [4.78, 5) is 0. The normalized spacial score (nSPS) is 11.2. The van der Waals surface area contributed by atoms with E-state index < -0.39 is 0 Å². The number of aromatic nitrogens is 3. The molecule has 0 aliphatic heterocycles. The van der Waals surface area contributed by atoms with Gasteiger partial charge >= 0.3 is 0 Å². The maximum Gasteiger partial charge on any atom is 0.116 e. The lowest BCUT2D eigenvalue weighted by atomic mass is 10.1. The molecule has 4 nitrogen and oxygen atoms in total. The van der Waals surface area contributed by atoms with E-state index in [-0.39, 0.29) is 0 Å². The minimum atomic E-state index is 1.01. The average molecular weight is 274 g/mol. The summed E-state index contributed by atoms with van der Waals surface area (Å²) in [6.45, 7) is 4.40. The first-order chi connectivity index (χ1) is 9.92. The fourth-order valence-corrected chi connectivity index (χ4v) is 2.51. The standard InChI is InChI=1S/C16H26N4/c1-2-3-4-5-6-7-12-17-13-11-14-9-8-10-15-16(14)19-20-18-15/h8-10,17H,2-7,11-13H2,1H3,(H,18,19,20). The summed E-state index contributed by atoms with van der Waals surface area (Å²) in [6.07, 6.45) is 9.14. The van der Waals surface area contributed by atoms with Crippen molar-refractivity contribution in [3.05, 3.63) is 23.8 Å². The molecule has 1 aromatic carbocycles. The summed E-state index contributed by atoms with van der Waals surface area (Å²) in [5, 5.41) is 14.4. The van der Waals surface area contributed by atoms with Crippen molar-refractivity contribution in [3.63, 3.8) is 0 Å². The van der Waals surface area contributed by atoms with Crippen molar-refractivity contribution in [2.24, 2.45) is 0 Å². The number of rotatable bonds is 10. The molecule has 0 unspecified atom stereocenters. The highest BCUT2D eigenvalue weighted by atomic mass is 15.3. The lowest BCUT2D eigenvalue weighted by molar-refractivity contribution is 0.573. The second kappa shape index (κ2) is 8.69. The topological polar surface area (TPSA) is 53.6 Å². The molecule has 20 heavy (non-hydrogen) atoms. The zero-order chi connectivity index (χ0) is 14.0. The molecule has 2 rings (SSSR count). The Morgan fingerprint density at radius 2 is 1.90 bits per heavy atom. The van der Waals surface area contributed by atoms with Crippen molar-refractivity contribution in [2.45, 2.75) is 51.9 Å². The van der Waals surface area contributed by atoms with Gasteiger partial charge in [-0.25, -0.2) is 0 Å². The number of unbranched alkanes of at least 4 members (excludes halogenated alkanes) is 5. The van der Waals surface area contributed by atoms with Crippen molar-refractivity contribution < 1.29 is 0 Å². The van der Waals surface area contributed by atoms with Gasteiger partial charge in [0, 0.05) is 0 Å². The summed E-state index contributed by atoms with van der Waals surface area (Å²) in [5.74, 6) is 0. The monoisotopic (exact) mass is 274 g/mol. The van der Waals surface area contributed by atoms with Crippen LogP contribution in [0.3, 0.4) is 0 Å². The van der Waals surface area contributed by atoms with E-state index in [1.165, 1.54) is 44.1 Å². The lowest BCUT2D eigenvalue weighted by Gasteiger charge is -2.05. The predicted molar refractivity (Wildman–Crippen MR) is 83.8 cm³/mol. The van der Waals surface area contributed by atoms with Gasteiger partial charge in [-0.2, -0.15) is 0 Å². The molecule has 0 saturated heterocycles. The first kappa shape index (κ1) is 15.0. The molecule has 110 valence electrons. The minimum Gasteiger partial charge on any atom is -0.316 e. The maximum atomic E-state index is 4.14. The Bertz CT molecular complexity index is 492. The number of fused-ring (bicyclic) bond motifs is 1. The van der Waals surface area contributed by atoms with Crippen LogP contribution in [0, 0.1) is 0 Å². The molecule has 0 fully saturated rings. The third-order valence-corrected chi connectivity index (χ3v) is 3.72. The molecule has 2 N–H and O–H groups in total. The molecular weight excluding hydrogens is 248 g/mol. The van der Waals surface area contributed by atoms with Gasteiger partial charge in [-0.05, 0) is 37.6 Å². The molecule has 0 bridgehead atoms. The number of nitrogens with zero attached hydrogens (tertiary/aromatic N) is 2. The molecule has 0 aliphatic rings. The van der Waals surface area contributed by atoms with Gasteiger partial charge in [-0.15, -0.1) is 5.10 Å². The van der Waals surface area contributed by atoms with E-state index in [9.17, 15) is 0 Å². The average Bonchev–Trinajstić information content (AvgIpc) is 2.95. The van der Waals surface area contributed by atoms with E-state index in [0.717, 1.165) is 30.5 Å². The largest absolute Gasteiger partial charge is 0.316 e. The van der Waals surface area contributed by atoms with Crippen LogP contribution >= 0.6 is 0 Å². The molecule has 0 atom stereocenters. The molecule has 0 radical (unpaired) electrons. The van der Waals surface area contributed by atoms with Gasteiger partial charge in [-0.3, -0.25) is 5.10 Å². The summed E-state index contributed by atoms with van der Waals surface area (Å²) in [7, 11) is 0. The number of nitrogens with one attached hydrogen (secondary N) is 2. The van der Waals surface area contributed by atoms with E-state index in [2.05, 4.69) is 39.8 Å². The van der Waals surface area contributed by atoms with Gasteiger partial charge in [0.1, 0.15) is 5.52 Å². The second-order valence-corrected chi connectivity index (χ2v) is 5.39. The molecule has 0 spiro atoms. The van der Waals surface area contributed by atoms with Gasteiger partial charge in [-0.1, -0.05) is 56.4 Å². The number of hydrogen-bond donors (Lipinski definition) is 2. The quantitative estimate of drug-likeness (QED) is 0.652. The van der Waals surface area contributed by atoms with E-state index in [4.69, 9.17) is 0 Å².